The summed E-state index contributed by atoms with van der Waals surface area (Å²) in [4.78, 5) is 16.4. The van der Waals surface area contributed by atoms with Gasteiger partial charge in [0.05, 0.1) is 12.3 Å². The molecule has 2 heterocycles. The molecular formula is C16H13ClN4O2. The predicted molar refractivity (Wildman–Crippen MR) is 85.6 cm³/mol. The Hall–Kier alpha value is -2.73. The van der Waals surface area contributed by atoms with Gasteiger partial charge in [0.15, 0.2) is 5.69 Å². The van der Waals surface area contributed by atoms with Crippen molar-refractivity contribution in [2.45, 2.75) is 6.92 Å². The van der Waals surface area contributed by atoms with Crippen molar-refractivity contribution >= 4 is 17.6 Å². The molecule has 116 valence electrons. The van der Waals surface area contributed by atoms with Crippen molar-refractivity contribution in [3.63, 3.8) is 0 Å². The number of halogens is 1. The lowest BCUT2D eigenvalue weighted by Crippen LogP contribution is -2.13. The number of hydrogen-bond acceptors (Lipinski definition) is 5. The largest absolute Gasteiger partial charge is 0.461 e. The number of carbonyl (C=O) groups excluding carboxylic acids is 1. The molecule has 0 unspecified atom stereocenters. The molecule has 0 N–H and O–H groups in total. The van der Waals surface area contributed by atoms with Crippen LogP contribution >= 0.6 is 11.6 Å². The average molecular weight is 329 g/mol. The second-order valence-corrected chi connectivity index (χ2v) is 5.01. The van der Waals surface area contributed by atoms with Gasteiger partial charge in [0, 0.05) is 11.8 Å². The monoisotopic (exact) mass is 328 g/mol. The van der Waals surface area contributed by atoms with Gasteiger partial charge in [-0.05, 0) is 31.2 Å². The molecule has 0 spiro atoms. The second-order valence-electron chi connectivity index (χ2n) is 4.62. The number of carbonyl (C=O) groups is 1. The van der Waals surface area contributed by atoms with E-state index in [0.29, 0.717) is 16.4 Å². The zero-order valence-electron chi connectivity index (χ0n) is 12.3. The summed E-state index contributed by atoms with van der Waals surface area (Å²) in [5.41, 5.74) is 2.01. The number of aromatic nitrogens is 4. The van der Waals surface area contributed by atoms with E-state index in [1.54, 1.807) is 25.3 Å². The summed E-state index contributed by atoms with van der Waals surface area (Å²) in [6.45, 7) is 2.01. The topological polar surface area (TPSA) is 69.9 Å². The first kappa shape index (κ1) is 15.2. The number of para-hydroxylation sites is 1. The highest BCUT2D eigenvalue weighted by atomic mass is 35.5. The second kappa shape index (κ2) is 6.58. The summed E-state index contributed by atoms with van der Waals surface area (Å²) in [6, 6.07) is 12.6. The minimum Gasteiger partial charge on any atom is -0.461 e. The smallest absolute Gasteiger partial charge is 0.359 e. The molecule has 7 heteroatoms. The molecule has 0 aliphatic carbocycles. The zero-order valence-corrected chi connectivity index (χ0v) is 13.1. The molecule has 1 aromatic carbocycles. The van der Waals surface area contributed by atoms with E-state index < -0.39 is 5.97 Å². The standard InChI is InChI=1S/C16H13ClN4O2/c1-2-23-16(22)15-14(11-8-9-13(17)18-10-11)19-20-21(15)12-6-4-3-5-7-12/h3-10H,2H2,1H3. The molecular weight excluding hydrogens is 316 g/mol. The van der Waals surface area contributed by atoms with Crippen LogP contribution in [0.5, 0.6) is 0 Å². The molecule has 2 aromatic heterocycles. The van der Waals surface area contributed by atoms with Gasteiger partial charge in [0.25, 0.3) is 0 Å². The van der Waals surface area contributed by atoms with Gasteiger partial charge in [0.1, 0.15) is 10.8 Å². The molecule has 3 rings (SSSR count). The highest BCUT2D eigenvalue weighted by Gasteiger charge is 2.24. The van der Waals surface area contributed by atoms with Gasteiger partial charge < -0.3 is 4.74 Å². The summed E-state index contributed by atoms with van der Waals surface area (Å²) in [5.74, 6) is -0.494. The first-order valence-corrected chi connectivity index (χ1v) is 7.38. The first-order chi connectivity index (χ1) is 11.2. The molecule has 0 bridgehead atoms. The Morgan fingerprint density at radius 3 is 2.65 bits per heavy atom. The maximum Gasteiger partial charge on any atom is 0.359 e. The number of pyridine rings is 1. The van der Waals surface area contributed by atoms with Gasteiger partial charge >= 0.3 is 5.97 Å². The summed E-state index contributed by atoms with van der Waals surface area (Å²) >= 11 is 5.81. The predicted octanol–water partition coefficient (Wildman–Crippen LogP) is 3.16. The fourth-order valence-electron chi connectivity index (χ4n) is 2.12. The number of ether oxygens (including phenoxy) is 1. The van der Waals surface area contributed by atoms with Crippen LogP contribution in [0.2, 0.25) is 5.15 Å². The Morgan fingerprint density at radius 2 is 2.00 bits per heavy atom. The van der Waals surface area contributed by atoms with Gasteiger partial charge in [-0.3, -0.25) is 0 Å². The van der Waals surface area contributed by atoms with E-state index in [9.17, 15) is 4.79 Å². The van der Waals surface area contributed by atoms with Gasteiger partial charge in [-0.1, -0.05) is 35.0 Å². The number of nitrogens with zero attached hydrogens (tertiary/aromatic N) is 4. The summed E-state index contributed by atoms with van der Waals surface area (Å²) in [6.07, 6.45) is 1.55. The molecule has 0 fully saturated rings. The van der Waals surface area contributed by atoms with Gasteiger partial charge in [-0.2, -0.15) is 0 Å². The van der Waals surface area contributed by atoms with Crippen LogP contribution in [0.1, 0.15) is 17.4 Å². The van der Waals surface area contributed by atoms with Crippen LogP contribution in [0.3, 0.4) is 0 Å². The lowest BCUT2D eigenvalue weighted by Gasteiger charge is -2.07. The Morgan fingerprint density at radius 1 is 1.22 bits per heavy atom. The highest BCUT2D eigenvalue weighted by molar-refractivity contribution is 6.29. The Kier molecular flexibility index (Phi) is 4.34. The zero-order chi connectivity index (χ0) is 16.2. The lowest BCUT2D eigenvalue weighted by molar-refractivity contribution is 0.0516. The SMILES string of the molecule is CCOC(=O)c1c(-c2ccc(Cl)nc2)nnn1-c1ccccc1. The minimum absolute atomic E-state index is 0.252. The van der Waals surface area contributed by atoms with Crippen molar-refractivity contribution in [3.8, 4) is 16.9 Å². The Labute approximate surface area is 137 Å². The van der Waals surface area contributed by atoms with Crippen LogP contribution in [0.25, 0.3) is 16.9 Å². The van der Waals surface area contributed by atoms with E-state index in [1.165, 1.54) is 4.68 Å². The van der Waals surface area contributed by atoms with E-state index in [1.807, 2.05) is 30.3 Å². The van der Waals surface area contributed by atoms with Crippen LogP contribution < -0.4 is 0 Å². The van der Waals surface area contributed by atoms with Crippen molar-refractivity contribution in [3.05, 3.63) is 59.5 Å². The first-order valence-electron chi connectivity index (χ1n) is 7.01. The van der Waals surface area contributed by atoms with Crippen LogP contribution in [0, 0.1) is 0 Å². The van der Waals surface area contributed by atoms with E-state index >= 15 is 0 Å². The number of hydrogen-bond donors (Lipinski definition) is 0. The van der Waals surface area contributed by atoms with E-state index in [-0.39, 0.29) is 12.3 Å². The third-order valence-corrected chi connectivity index (χ3v) is 3.36. The molecule has 0 amide bonds. The molecule has 0 atom stereocenters. The lowest BCUT2D eigenvalue weighted by atomic mass is 10.1. The highest BCUT2D eigenvalue weighted by Crippen LogP contribution is 2.24. The summed E-state index contributed by atoms with van der Waals surface area (Å²) in [5, 5.41) is 8.58. The van der Waals surface area contributed by atoms with E-state index in [0.717, 1.165) is 5.69 Å². The van der Waals surface area contributed by atoms with Crippen LogP contribution in [0.4, 0.5) is 0 Å². The number of benzene rings is 1. The van der Waals surface area contributed by atoms with Gasteiger partial charge in [0.2, 0.25) is 0 Å². The van der Waals surface area contributed by atoms with Gasteiger partial charge in [-0.25, -0.2) is 14.5 Å². The fourth-order valence-corrected chi connectivity index (χ4v) is 2.24. The number of rotatable bonds is 4. The summed E-state index contributed by atoms with van der Waals surface area (Å²) < 4.78 is 6.61. The molecule has 0 saturated heterocycles. The van der Waals surface area contributed by atoms with E-state index in [4.69, 9.17) is 16.3 Å². The average Bonchev–Trinajstić information content (AvgIpc) is 3.01. The maximum atomic E-state index is 12.4. The molecule has 0 aliphatic rings. The quantitative estimate of drug-likeness (QED) is 0.543. The molecule has 0 saturated carbocycles. The Balaban J connectivity index is 2.15. The molecule has 3 aromatic rings. The third-order valence-electron chi connectivity index (χ3n) is 3.14. The van der Waals surface area contributed by atoms with Crippen molar-refractivity contribution in [1.29, 1.82) is 0 Å². The normalized spacial score (nSPS) is 10.5. The molecule has 6 nitrogen and oxygen atoms in total. The van der Waals surface area contributed by atoms with Crippen molar-refractivity contribution < 1.29 is 9.53 Å². The van der Waals surface area contributed by atoms with Crippen molar-refractivity contribution in [1.82, 2.24) is 20.0 Å². The third kappa shape index (κ3) is 3.07. The van der Waals surface area contributed by atoms with E-state index in [2.05, 4.69) is 15.3 Å². The van der Waals surface area contributed by atoms with Crippen LogP contribution in [-0.4, -0.2) is 32.6 Å². The maximum absolute atomic E-state index is 12.4. The Bertz CT molecular complexity index is 816. The van der Waals surface area contributed by atoms with Crippen LogP contribution in [-0.2, 0) is 4.74 Å². The van der Waals surface area contributed by atoms with Gasteiger partial charge in [-0.15, -0.1) is 5.10 Å². The summed E-state index contributed by atoms with van der Waals surface area (Å²) in [7, 11) is 0. The molecule has 23 heavy (non-hydrogen) atoms. The minimum atomic E-state index is -0.494. The van der Waals surface area contributed by atoms with Crippen molar-refractivity contribution in [2.24, 2.45) is 0 Å². The molecule has 0 aliphatic heterocycles. The van der Waals surface area contributed by atoms with Crippen molar-refractivity contribution in [2.75, 3.05) is 6.61 Å². The fraction of sp³-hybridized carbons (Fsp3) is 0.125. The number of esters is 1. The molecule has 0 radical (unpaired) electrons. The van der Waals surface area contributed by atoms with Crippen LogP contribution in [0.15, 0.2) is 48.7 Å².